The summed E-state index contributed by atoms with van der Waals surface area (Å²) in [5.41, 5.74) is -0.322. The van der Waals surface area contributed by atoms with Crippen LogP contribution in [0.2, 0.25) is 0 Å². The van der Waals surface area contributed by atoms with Crippen LogP contribution in [0.4, 0.5) is 29.3 Å². The molecule has 2 rings (SSSR count). The SMILES string of the molecule is O=C(Nc1cc(F)cc(Br)c1)Nc1cc(F)cc(F)c1CO. The van der Waals surface area contributed by atoms with Crippen molar-refractivity contribution in [3.05, 3.63) is 57.8 Å². The molecule has 0 radical (unpaired) electrons. The molecule has 8 heteroatoms. The normalized spacial score (nSPS) is 10.4. The van der Waals surface area contributed by atoms with Crippen molar-refractivity contribution in [1.82, 2.24) is 0 Å². The number of hydrogen-bond acceptors (Lipinski definition) is 2. The quantitative estimate of drug-likeness (QED) is 0.760. The van der Waals surface area contributed by atoms with E-state index in [4.69, 9.17) is 5.11 Å². The molecule has 4 nitrogen and oxygen atoms in total. The maximum absolute atomic E-state index is 13.5. The second kappa shape index (κ2) is 6.80. The summed E-state index contributed by atoms with van der Waals surface area (Å²) in [7, 11) is 0. The highest BCUT2D eigenvalue weighted by Crippen LogP contribution is 2.22. The molecule has 2 aromatic carbocycles. The number of carbonyl (C=O) groups is 1. The monoisotopic (exact) mass is 374 g/mol. The second-order valence-electron chi connectivity index (χ2n) is 4.31. The van der Waals surface area contributed by atoms with Gasteiger partial charge < -0.3 is 15.7 Å². The van der Waals surface area contributed by atoms with Gasteiger partial charge >= 0.3 is 6.03 Å². The predicted molar refractivity (Wildman–Crippen MR) is 79.0 cm³/mol. The van der Waals surface area contributed by atoms with E-state index in [9.17, 15) is 18.0 Å². The fraction of sp³-hybridized carbons (Fsp3) is 0.0714. The Morgan fingerprint density at radius 1 is 1.05 bits per heavy atom. The molecular weight excluding hydrogens is 365 g/mol. The first-order valence-corrected chi connectivity index (χ1v) is 6.81. The number of halogens is 4. The number of hydrogen-bond donors (Lipinski definition) is 3. The van der Waals surface area contributed by atoms with Gasteiger partial charge in [-0.1, -0.05) is 15.9 Å². The van der Waals surface area contributed by atoms with Crippen molar-refractivity contribution in [2.75, 3.05) is 10.6 Å². The van der Waals surface area contributed by atoms with Crippen LogP contribution in [-0.2, 0) is 6.61 Å². The van der Waals surface area contributed by atoms with Gasteiger partial charge in [-0.05, 0) is 24.3 Å². The van der Waals surface area contributed by atoms with Gasteiger partial charge in [0.05, 0.1) is 12.3 Å². The van der Waals surface area contributed by atoms with E-state index in [1.54, 1.807) is 0 Å². The van der Waals surface area contributed by atoms with E-state index in [1.165, 1.54) is 12.1 Å². The number of amides is 2. The lowest BCUT2D eigenvalue weighted by atomic mass is 10.1. The molecule has 0 aromatic heterocycles. The van der Waals surface area contributed by atoms with Gasteiger partial charge in [-0.15, -0.1) is 0 Å². The van der Waals surface area contributed by atoms with Crippen LogP contribution in [-0.4, -0.2) is 11.1 Å². The molecule has 0 unspecified atom stereocenters. The largest absolute Gasteiger partial charge is 0.391 e. The highest BCUT2D eigenvalue weighted by Gasteiger charge is 2.13. The molecule has 0 saturated carbocycles. The first-order chi connectivity index (χ1) is 10.4. The second-order valence-corrected chi connectivity index (χ2v) is 5.22. The van der Waals surface area contributed by atoms with Crippen LogP contribution >= 0.6 is 15.9 Å². The summed E-state index contributed by atoms with van der Waals surface area (Å²) >= 11 is 3.07. The number of urea groups is 1. The number of nitrogens with one attached hydrogen (secondary N) is 2. The molecule has 0 saturated heterocycles. The molecule has 0 aliphatic heterocycles. The van der Waals surface area contributed by atoms with Crippen LogP contribution in [0, 0.1) is 17.5 Å². The average Bonchev–Trinajstić information content (AvgIpc) is 2.36. The Balaban J connectivity index is 2.19. The van der Waals surface area contributed by atoms with E-state index in [-0.39, 0.29) is 16.9 Å². The number of aliphatic hydroxyl groups excluding tert-OH is 1. The van der Waals surface area contributed by atoms with Gasteiger partial charge in [0.2, 0.25) is 0 Å². The standard InChI is InChI=1S/C14H10BrF3N2O2/c15-7-1-8(16)3-10(2-7)19-14(22)20-13-5-9(17)4-12(18)11(13)6-21/h1-5,21H,6H2,(H2,19,20,22). The predicted octanol–water partition coefficient (Wildman–Crippen LogP) is 4.00. The minimum Gasteiger partial charge on any atom is -0.391 e. The molecule has 3 N–H and O–H groups in total. The molecule has 0 spiro atoms. The third kappa shape index (κ3) is 3.99. The van der Waals surface area contributed by atoms with Crippen LogP contribution < -0.4 is 10.6 Å². The summed E-state index contributed by atoms with van der Waals surface area (Å²) in [6, 6.07) is 4.35. The Bertz CT molecular complexity index is 705. The van der Waals surface area contributed by atoms with E-state index in [1.807, 2.05) is 0 Å². The Labute approximate surface area is 132 Å². The molecule has 0 aliphatic rings. The molecule has 0 heterocycles. The van der Waals surface area contributed by atoms with Gasteiger partial charge in [0.15, 0.2) is 0 Å². The smallest absolute Gasteiger partial charge is 0.323 e. The zero-order valence-corrected chi connectivity index (χ0v) is 12.5. The van der Waals surface area contributed by atoms with Crippen molar-refractivity contribution in [2.24, 2.45) is 0 Å². The minimum absolute atomic E-state index is 0.145. The molecule has 116 valence electrons. The van der Waals surface area contributed by atoms with Crippen LogP contribution in [0.1, 0.15) is 5.56 Å². The fourth-order valence-electron chi connectivity index (χ4n) is 1.79. The van der Waals surface area contributed by atoms with Crippen molar-refractivity contribution < 1.29 is 23.1 Å². The van der Waals surface area contributed by atoms with Crippen LogP contribution in [0.25, 0.3) is 0 Å². The molecule has 0 atom stereocenters. The molecule has 2 aromatic rings. The lowest BCUT2D eigenvalue weighted by Gasteiger charge is -2.12. The van der Waals surface area contributed by atoms with Gasteiger partial charge in [0, 0.05) is 21.8 Å². The summed E-state index contributed by atoms with van der Waals surface area (Å²) in [5.74, 6) is -2.46. The lowest BCUT2D eigenvalue weighted by molar-refractivity contribution is 0.261. The van der Waals surface area contributed by atoms with Gasteiger partial charge in [-0.3, -0.25) is 0 Å². The summed E-state index contributed by atoms with van der Waals surface area (Å²) in [6.45, 7) is -0.715. The summed E-state index contributed by atoms with van der Waals surface area (Å²) in [4.78, 5) is 11.8. The van der Waals surface area contributed by atoms with Crippen molar-refractivity contribution in [3.63, 3.8) is 0 Å². The average molecular weight is 375 g/mol. The van der Waals surface area contributed by atoms with Crippen molar-refractivity contribution in [3.8, 4) is 0 Å². The Hall–Kier alpha value is -2.06. The number of anilines is 2. The zero-order chi connectivity index (χ0) is 16.3. The van der Waals surface area contributed by atoms with Crippen LogP contribution in [0.3, 0.4) is 0 Å². The van der Waals surface area contributed by atoms with Gasteiger partial charge in [-0.2, -0.15) is 0 Å². The first-order valence-electron chi connectivity index (χ1n) is 6.02. The molecule has 22 heavy (non-hydrogen) atoms. The first kappa shape index (κ1) is 16.3. The lowest BCUT2D eigenvalue weighted by Crippen LogP contribution is -2.21. The van der Waals surface area contributed by atoms with Crippen molar-refractivity contribution in [2.45, 2.75) is 6.61 Å². The molecule has 0 bridgehead atoms. The van der Waals surface area contributed by atoms with E-state index in [2.05, 4.69) is 26.6 Å². The zero-order valence-electron chi connectivity index (χ0n) is 11.0. The summed E-state index contributed by atoms with van der Waals surface area (Å²) < 4.78 is 40.3. The highest BCUT2D eigenvalue weighted by molar-refractivity contribution is 9.10. The Morgan fingerprint density at radius 3 is 2.36 bits per heavy atom. The fourth-order valence-corrected chi connectivity index (χ4v) is 2.25. The number of rotatable bonds is 3. The number of benzene rings is 2. The van der Waals surface area contributed by atoms with Crippen LogP contribution in [0.5, 0.6) is 0 Å². The maximum Gasteiger partial charge on any atom is 0.323 e. The van der Waals surface area contributed by atoms with Gasteiger partial charge in [0.1, 0.15) is 17.5 Å². The number of carbonyl (C=O) groups excluding carboxylic acids is 1. The summed E-state index contributed by atoms with van der Waals surface area (Å²) in [5, 5.41) is 13.6. The van der Waals surface area contributed by atoms with Crippen molar-refractivity contribution in [1.29, 1.82) is 0 Å². The van der Waals surface area contributed by atoms with E-state index in [0.29, 0.717) is 10.5 Å². The third-order valence-electron chi connectivity index (χ3n) is 2.69. The maximum atomic E-state index is 13.5. The van der Waals surface area contributed by atoms with Crippen molar-refractivity contribution >= 4 is 33.3 Å². The Kier molecular flexibility index (Phi) is 5.04. The van der Waals surface area contributed by atoms with Gasteiger partial charge in [-0.25, -0.2) is 18.0 Å². The molecule has 0 aliphatic carbocycles. The van der Waals surface area contributed by atoms with E-state index < -0.39 is 30.1 Å². The minimum atomic E-state index is -0.980. The van der Waals surface area contributed by atoms with Gasteiger partial charge in [0.25, 0.3) is 0 Å². The molecular formula is C14H10BrF3N2O2. The van der Waals surface area contributed by atoms with Crippen LogP contribution in [0.15, 0.2) is 34.8 Å². The highest BCUT2D eigenvalue weighted by atomic mass is 79.9. The Morgan fingerprint density at radius 2 is 1.73 bits per heavy atom. The number of aliphatic hydroxyl groups is 1. The van der Waals surface area contributed by atoms with E-state index >= 15 is 0 Å². The molecule has 2 amide bonds. The topological polar surface area (TPSA) is 61.4 Å². The van der Waals surface area contributed by atoms with E-state index in [0.717, 1.165) is 12.1 Å². The molecule has 0 fully saturated rings. The third-order valence-corrected chi connectivity index (χ3v) is 3.14. The summed E-state index contributed by atoms with van der Waals surface area (Å²) in [6.07, 6.45) is 0.